The van der Waals surface area contributed by atoms with Gasteiger partial charge < -0.3 is 10.1 Å². The fourth-order valence-corrected chi connectivity index (χ4v) is 1.50. The maximum atomic E-state index is 13.5. The van der Waals surface area contributed by atoms with Gasteiger partial charge in [-0.05, 0) is 30.5 Å². The van der Waals surface area contributed by atoms with Gasteiger partial charge in [-0.25, -0.2) is 9.18 Å². The van der Waals surface area contributed by atoms with Crippen LogP contribution in [0, 0.1) is 11.7 Å². The molecule has 0 aliphatic carbocycles. The molecular weight excluding hydrogens is 249 g/mol. The summed E-state index contributed by atoms with van der Waals surface area (Å²) < 4.78 is 18.1. The number of carbonyl (C=O) groups is 2. The van der Waals surface area contributed by atoms with E-state index in [0.717, 1.165) is 12.5 Å². The van der Waals surface area contributed by atoms with Crippen molar-refractivity contribution in [2.24, 2.45) is 5.92 Å². The maximum Gasteiger partial charge on any atom is 0.337 e. The Kier molecular flexibility index (Phi) is 5.48. The van der Waals surface area contributed by atoms with Gasteiger partial charge in [0.2, 0.25) is 5.91 Å². The second kappa shape index (κ2) is 6.87. The smallest absolute Gasteiger partial charge is 0.337 e. The number of hydrogen-bond donors (Lipinski definition) is 1. The van der Waals surface area contributed by atoms with Crippen molar-refractivity contribution in [1.82, 2.24) is 0 Å². The minimum atomic E-state index is -0.578. The number of nitrogens with one attached hydrogen (secondary N) is 1. The summed E-state index contributed by atoms with van der Waals surface area (Å²) in [6, 6.07) is 3.71. The van der Waals surface area contributed by atoms with Crippen molar-refractivity contribution in [2.45, 2.75) is 26.7 Å². The number of ether oxygens (including phenoxy) is 1. The molecule has 0 aliphatic rings. The van der Waals surface area contributed by atoms with E-state index in [1.807, 2.05) is 13.8 Å². The maximum absolute atomic E-state index is 13.5. The summed E-state index contributed by atoms with van der Waals surface area (Å²) in [7, 11) is 1.24. The molecule has 1 aromatic carbocycles. The van der Waals surface area contributed by atoms with Gasteiger partial charge >= 0.3 is 5.97 Å². The first-order valence-corrected chi connectivity index (χ1v) is 6.11. The van der Waals surface area contributed by atoms with Crippen LogP contribution in [0.4, 0.5) is 10.1 Å². The van der Waals surface area contributed by atoms with Gasteiger partial charge in [-0.15, -0.1) is 0 Å². The molecule has 0 saturated heterocycles. The number of carbonyl (C=O) groups excluding carboxylic acids is 2. The average Bonchev–Trinajstić information content (AvgIpc) is 2.38. The minimum absolute atomic E-state index is 0.00310. The third-order valence-electron chi connectivity index (χ3n) is 2.61. The number of rotatable bonds is 5. The monoisotopic (exact) mass is 267 g/mol. The Morgan fingerprint density at radius 2 is 2.05 bits per heavy atom. The van der Waals surface area contributed by atoms with Gasteiger partial charge in [-0.2, -0.15) is 0 Å². The first-order chi connectivity index (χ1) is 8.93. The molecule has 104 valence electrons. The second-order valence-electron chi connectivity index (χ2n) is 4.67. The van der Waals surface area contributed by atoms with Crippen LogP contribution in [0.25, 0.3) is 0 Å². The zero-order valence-electron chi connectivity index (χ0n) is 11.3. The highest BCUT2D eigenvalue weighted by Gasteiger charge is 2.12. The van der Waals surface area contributed by atoms with Crippen LogP contribution in [-0.2, 0) is 9.53 Å². The van der Waals surface area contributed by atoms with Gasteiger partial charge in [0.1, 0.15) is 5.82 Å². The van der Waals surface area contributed by atoms with E-state index in [4.69, 9.17) is 0 Å². The van der Waals surface area contributed by atoms with Crippen molar-refractivity contribution in [2.75, 3.05) is 12.4 Å². The van der Waals surface area contributed by atoms with Crippen molar-refractivity contribution >= 4 is 17.6 Å². The highest BCUT2D eigenvalue weighted by Crippen LogP contribution is 2.17. The van der Waals surface area contributed by atoms with Crippen LogP contribution >= 0.6 is 0 Å². The molecule has 1 aromatic rings. The minimum Gasteiger partial charge on any atom is -0.465 e. The van der Waals surface area contributed by atoms with Crippen molar-refractivity contribution in [3.05, 3.63) is 29.6 Å². The molecule has 0 saturated carbocycles. The summed E-state index contributed by atoms with van der Waals surface area (Å²) in [5.74, 6) is -1.02. The predicted octanol–water partition coefficient (Wildman–Crippen LogP) is 2.99. The predicted molar refractivity (Wildman–Crippen MR) is 70.4 cm³/mol. The molecule has 0 radical (unpaired) electrons. The lowest BCUT2D eigenvalue weighted by Crippen LogP contribution is -2.14. The van der Waals surface area contributed by atoms with Crippen molar-refractivity contribution < 1.29 is 18.7 Å². The molecule has 0 fully saturated rings. The summed E-state index contributed by atoms with van der Waals surface area (Å²) >= 11 is 0. The molecular formula is C14H18FNO3. The van der Waals surface area contributed by atoms with Gasteiger partial charge in [-0.1, -0.05) is 13.8 Å². The van der Waals surface area contributed by atoms with Crippen LogP contribution in [0.2, 0.25) is 0 Å². The summed E-state index contributed by atoms with van der Waals surface area (Å²) in [6.07, 6.45) is 1.05. The standard InChI is InChI=1S/C14H18FNO3/c1-9(2)4-7-13(17)16-12-8-10(14(18)19-3)5-6-11(12)15/h5-6,8-9H,4,7H2,1-3H3,(H,16,17). The van der Waals surface area contributed by atoms with Gasteiger partial charge in [0.25, 0.3) is 0 Å². The van der Waals surface area contributed by atoms with Crippen LogP contribution in [0.1, 0.15) is 37.0 Å². The van der Waals surface area contributed by atoms with Crippen LogP contribution in [0.5, 0.6) is 0 Å². The highest BCUT2D eigenvalue weighted by atomic mass is 19.1. The normalized spacial score (nSPS) is 10.4. The number of amides is 1. The molecule has 0 spiro atoms. The van der Waals surface area contributed by atoms with Crippen LogP contribution in [0.3, 0.4) is 0 Å². The Hall–Kier alpha value is -1.91. The van der Waals surface area contributed by atoms with E-state index in [9.17, 15) is 14.0 Å². The molecule has 4 nitrogen and oxygen atoms in total. The lowest BCUT2D eigenvalue weighted by molar-refractivity contribution is -0.116. The number of anilines is 1. The summed E-state index contributed by atoms with van der Waals surface area (Å²) in [6.45, 7) is 4.01. The van der Waals surface area contributed by atoms with Crippen molar-refractivity contribution in [1.29, 1.82) is 0 Å². The summed E-state index contributed by atoms with van der Waals surface area (Å²) in [5.41, 5.74) is 0.194. The zero-order chi connectivity index (χ0) is 14.4. The molecule has 0 unspecified atom stereocenters. The summed E-state index contributed by atoms with van der Waals surface area (Å²) in [5, 5.41) is 2.46. The lowest BCUT2D eigenvalue weighted by atomic mass is 10.1. The lowest BCUT2D eigenvalue weighted by Gasteiger charge is -2.09. The quantitative estimate of drug-likeness (QED) is 0.834. The van der Waals surface area contributed by atoms with E-state index in [-0.39, 0.29) is 17.2 Å². The van der Waals surface area contributed by atoms with E-state index >= 15 is 0 Å². The van der Waals surface area contributed by atoms with Gasteiger partial charge in [0.05, 0.1) is 18.4 Å². The Morgan fingerprint density at radius 1 is 1.37 bits per heavy atom. The Bertz CT molecular complexity index is 472. The number of methoxy groups -OCH3 is 1. The third kappa shape index (κ3) is 4.69. The Labute approximate surface area is 112 Å². The van der Waals surface area contributed by atoms with E-state index in [2.05, 4.69) is 10.1 Å². The Balaban J connectivity index is 2.77. The van der Waals surface area contributed by atoms with Gasteiger partial charge in [0.15, 0.2) is 0 Å². The largest absolute Gasteiger partial charge is 0.465 e. The molecule has 1 amide bonds. The molecule has 19 heavy (non-hydrogen) atoms. The van der Waals surface area contributed by atoms with Crippen LogP contribution in [-0.4, -0.2) is 19.0 Å². The number of esters is 1. The van der Waals surface area contributed by atoms with Crippen LogP contribution < -0.4 is 5.32 Å². The van der Waals surface area contributed by atoms with E-state index in [1.165, 1.54) is 19.2 Å². The average molecular weight is 267 g/mol. The van der Waals surface area contributed by atoms with Gasteiger partial charge in [-0.3, -0.25) is 4.79 Å². The third-order valence-corrected chi connectivity index (χ3v) is 2.61. The van der Waals surface area contributed by atoms with E-state index in [0.29, 0.717) is 12.3 Å². The van der Waals surface area contributed by atoms with E-state index < -0.39 is 11.8 Å². The molecule has 0 atom stereocenters. The zero-order valence-corrected chi connectivity index (χ0v) is 11.3. The number of hydrogen-bond acceptors (Lipinski definition) is 3. The SMILES string of the molecule is COC(=O)c1ccc(F)c(NC(=O)CCC(C)C)c1. The first-order valence-electron chi connectivity index (χ1n) is 6.11. The molecule has 0 aromatic heterocycles. The number of halogens is 1. The molecule has 1 N–H and O–H groups in total. The second-order valence-corrected chi connectivity index (χ2v) is 4.67. The topological polar surface area (TPSA) is 55.4 Å². The number of benzene rings is 1. The van der Waals surface area contributed by atoms with Gasteiger partial charge in [0, 0.05) is 6.42 Å². The highest BCUT2D eigenvalue weighted by molar-refractivity contribution is 5.94. The van der Waals surface area contributed by atoms with Crippen LogP contribution in [0.15, 0.2) is 18.2 Å². The van der Waals surface area contributed by atoms with Crippen molar-refractivity contribution in [3.8, 4) is 0 Å². The molecule has 0 bridgehead atoms. The molecule has 0 aliphatic heterocycles. The first kappa shape index (κ1) is 15.1. The fourth-order valence-electron chi connectivity index (χ4n) is 1.50. The van der Waals surface area contributed by atoms with E-state index in [1.54, 1.807) is 0 Å². The molecule has 1 rings (SSSR count). The fraction of sp³-hybridized carbons (Fsp3) is 0.429. The molecule has 0 heterocycles. The Morgan fingerprint density at radius 3 is 2.63 bits per heavy atom. The summed E-state index contributed by atoms with van der Waals surface area (Å²) in [4.78, 5) is 22.9. The molecule has 5 heteroatoms. The van der Waals surface area contributed by atoms with Crippen molar-refractivity contribution in [3.63, 3.8) is 0 Å².